The van der Waals surface area contributed by atoms with Crippen molar-refractivity contribution in [2.24, 2.45) is 0 Å². The molecule has 2 N–H and O–H groups in total. The molecule has 1 saturated heterocycles. The van der Waals surface area contributed by atoms with Gasteiger partial charge in [0.25, 0.3) is 5.91 Å². The molecule has 1 fully saturated rings. The molecule has 6 heteroatoms. The highest BCUT2D eigenvalue weighted by Crippen LogP contribution is 2.48. The predicted octanol–water partition coefficient (Wildman–Crippen LogP) is 5.49. The molecule has 2 atom stereocenters. The van der Waals surface area contributed by atoms with Crippen LogP contribution in [0.4, 0.5) is 0 Å². The normalized spacial score (nSPS) is 21.0. The zero-order chi connectivity index (χ0) is 26.7. The van der Waals surface area contributed by atoms with E-state index in [1.165, 1.54) is 11.1 Å². The number of aromatic nitrogens is 2. The van der Waals surface area contributed by atoms with Crippen LogP contribution in [0.25, 0.3) is 21.8 Å². The molecular formula is C33H32N4O2. The molecule has 39 heavy (non-hydrogen) atoms. The number of nitrogens with one attached hydrogen (secondary N) is 2. The number of hydrogen-bond donors (Lipinski definition) is 2. The summed E-state index contributed by atoms with van der Waals surface area (Å²) in [7, 11) is 0. The molecule has 0 spiro atoms. The second kappa shape index (κ2) is 8.87. The molecular weight excluding hydrogens is 484 g/mol. The molecule has 5 aromatic rings. The summed E-state index contributed by atoms with van der Waals surface area (Å²) in [5.41, 5.74) is 6.59. The SMILES string of the molecule is CCc1ccc([C@@H]2CN3C(=O)CN(CCc4c[nH]c5ccccc45)C(=O)[C@]3(C)c3[nH]c4ccccc4c32)cc1. The number of H-pyrrole nitrogens is 2. The van der Waals surface area contributed by atoms with E-state index in [0.29, 0.717) is 19.5 Å². The van der Waals surface area contributed by atoms with Gasteiger partial charge in [0.15, 0.2) is 5.54 Å². The Morgan fingerprint density at radius 3 is 2.41 bits per heavy atom. The predicted molar refractivity (Wildman–Crippen MR) is 154 cm³/mol. The minimum atomic E-state index is -1.08. The highest BCUT2D eigenvalue weighted by molar-refractivity contribution is 6.01. The number of benzene rings is 3. The Balaban J connectivity index is 1.29. The van der Waals surface area contributed by atoms with Gasteiger partial charge < -0.3 is 19.8 Å². The molecule has 0 aliphatic carbocycles. The van der Waals surface area contributed by atoms with Gasteiger partial charge in [-0.3, -0.25) is 9.59 Å². The van der Waals surface area contributed by atoms with Crippen LogP contribution in [0.15, 0.2) is 79.0 Å². The molecule has 0 unspecified atom stereocenters. The van der Waals surface area contributed by atoms with Crippen molar-refractivity contribution in [1.82, 2.24) is 19.8 Å². The molecule has 3 aromatic carbocycles. The molecule has 4 heterocycles. The smallest absolute Gasteiger partial charge is 0.254 e. The third kappa shape index (κ3) is 3.54. The first-order valence-corrected chi connectivity index (χ1v) is 13.8. The summed E-state index contributed by atoms with van der Waals surface area (Å²) >= 11 is 0. The van der Waals surface area contributed by atoms with Crippen LogP contribution >= 0.6 is 0 Å². The molecule has 7 rings (SSSR count). The van der Waals surface area contributed by atoms with Gasteiger partial charge in [0.1, 0.15) is 0 Å². The fourth-order valence-electron chi connectivity index (χ4n) is 6.74. The minimum absolute atomic E-state index is 0.00416. The van der Waals surface area contributed by atoms with Gasteiger partial charge in [-0.1, -0.05) is 67.6 Å². The summed E-state index contributed by atoms with van der Waals surface area (Å²) in [5, 5.41) is 2.28. The average Bonchev–Trinajstić information content (AvgIpc) is 3.57. The zero-order valence-electron chi connectivity index (χ0n) is 22.3. The number of nitrogens with zero attached hydrogens (tertiary/aromatic N) is 2. The Hall–Kier alpha value is -4.32. The number of piperazine rings is 1. The first-order valence-electron chi connectivity index (χ1n) is 13.8. The monoisotopic (exact) mass is 516 g/mol. The molecule has 0 saturated carbocycles. The van der Waals surface area contributed by atoms with Crippen LogP contribution in [0.5, 0.6) is 0 Å². The molecule has 0 radical (unpaired) electrons. The average molecular weight is 517 g/mol. The Kier molecular flexibility index (Phi) is 5.41. The van der Waals surface area contributed by atoms with Crippen molar-refractivity contribution in [2.75, 3.05) is 19.6 Å². The van der Waals surface area contributed by atoms with Gasteiger partial charge in [0.05, 0.1) is 12.2 Å². The van der Waals surface area contributed by atoms with Gasteiger partial charge in [-0.2, -0.15) is 0 Å². The fraction of sp³-hybridized carbons (Fsp3) is 0.273. The lowest BCUT2D eigenvalue weighted by Crippen LogP contribution is -2.67. The van der Waals surface area contributed by atoms with Crippen LogP contribution < -0.4 is 0 Å². The molecule has 2 amide bonds. The summed E-state index contributed by atoms with van der Waals surface area (Å²) in [6.45, 7) is 5.16. The number of para-hydroxylation sites is 2. The lowest BCUT2D eigenvalue weighted by molar-refractivity contribution is -0.166. The Morgan fingerprint density at radius 1 is 0.923 bits per heavy atom. The number of rotatable bonds is 5. The van der Waals surface area contributed by atoms with E-state index in [2.05, 4.69) is 65.4 Å². The van der Waals surface area contributed by atoms with Crippen molar-refractivity contribution in [3.05, 3.63) is 107 Å². The van der Waals surface area contributed by atoms with Gasteiger partial charge in [-0.15, -0.1) is 0 Å². The minimum Gasteiger partial charge on any atom is -0.361 e. The second-order valence-electron chi connectivity index (χ2n) is 11.0. The van der Waals surface area contributed by atoms with Crippen molar-refractivity contribution < 1.29 is 9.59 Å². The highest BCUT2D eigenvalue weighted by atomic mass is 16.2. The molecule has 6 nitrogen and oxygen atoms in total. The molecule has 2 aromatic heterocycles. The number of hydrogen-bond acceptors (Lipinski definition) is 2. The first kappa shape index (κ1) is 23.8. The van der Waals surface area contributed by atoms with E-state index in [4.69, 9.17) is 0 Å². The van der Waals surface area contributed by atoms with Crippen molar-refractivity contribution in [2.45, 2.75) is 38.1 Å². The first-order chi connectivity index (χ1) is 19.0. The maximum atomic E-state index is 14.3. The Bertz CT molecular complexity index is 1730. The van der Waals surface area contributed by atoms with E-state index in [9.17, 15) is 9.59 Å². The Morgan fingerprint density at radius 2 is 1.64 bits per heavy atom. The van der Waals surface area contributed by atoms with Crippen molar-refractivity contribution in [3.63, 3.8) is 0 Å². The standard InChI is InChI=1S/C33H32N4O2/c1-3-21-12-14-22(15-13-21)26-19-37-29(38)20-36(17-16-23-18-34-27-10-6-4-8-24(23)27)32(39)33(37,2)31-30(26)25-9-5-7-11-28(25)35-31/h4-15,18,26,34-35H,3,16-17,19-20H2,1-2H3/t26-,33-/m0/s1. The number of carbonyl (C=O) groups excluding carboxylic acids is 2. The van der Waals surface area contributed by atoms with E-state index in [1.807, 2.05) is 42.3 Å². The van der Waals surface area contributed by atoms with Gasteiger partial charge in [0.2, 0.25) is 5.91 Å². The van der Waals surface area contributed by atoms with E-state index in [-0.39, 0.29) is 24.3 Å². The molecule has 196 valence electrons. The number of aryl methyl sites for hydroxylation is 1. The molecule has 2 aliphatic rings. The third-order valence-corrected chi connectivity index (χ3v) is 8.93. The van der Waals surface area contributed by atoms with Gasteiger partial charge in [-0.05, 0) is 54.2 Å². The van der Waals surface area contributed by atoms with Crippen molar-refractivity contribution in [1.29, 1.82) is 0 Å². The number of carbonyl (C=O) groups is 2. The van der Waals surface area contributed by atoms with Gasteiger partial charge >= 0.3 is 0 Å². The quantitative estimate of drug-likeness (QED) is 0.324. The second-order valence-corrected chi connectivity index (χ2v) is 11.0. The summed E-state index contributed by atoms with van der Waals surface area (Å²) in [4.78, 5) is 38.6. The van der Waals surface area contributed by atoms with E-state index >= 15 is 0 Å². The summed E-state index contributed by atoms with van der Waals surface area (Å²) in [6.07, 6.45) is 3.68. The maximum Gasteiger partial charge on any atom is 0.254 e. The third-order valence-electron chi connectivity index (χ3n) is 8.93. The topological polar surface area (TPSA) is 72.2 Å². The lowest BCUT2D eigenvalue weighted by Gasteiger charge is -2.51. The van der Waals surface area contributed by atoms with E-state index in [1.54, 1.807) is 4.90 Å². The van der Waals surface area contributed by atoms with Crippen LogP contribution in [-0.2, 0) is 28.0 Å². The van der Waals surface area contributed by atoms with Gasteiger partial charge in [0, 0.05) is 47.0 Å². The van der Waals surface area contributed by atoms with E-state index < -0.39 is 5.54 Å². The van der Waals surface area contributed by atoms with Crippen molar-refractivity contribution >= 4 is 33.6 Å². The van der Waals surface area contributed by atoms with Crippen LogP contribution in [0, 0.1) is 0 Å². The number of amides is 2. The summed E-state index contributed by atoms with van der Waals surface area (Å²) in [5.74, 6) is -0.0327. The fourth-order valence-corrected chi connectivity index (χ4v) is 6.74. The maximum absolute atomic E-state index is 14.3. The lowest BCUT2D eigenvalue weighted by atomic mass is 9.76. The van der Waals surface area contributed by atoms with Crippen LogP contribution in [0.1, 0.15) is 47.7 Å². The number of aromatic amines is 2. The largest absolute Gasteiger partial charge is 0.361 e. The molecule has 2 aliphatic heterocycles. The summed E-state index contributed by atoms with van der Waals surface area (Å²) in [6, 6.07) is 25.1. The zero-order valence-corrected chi connectivity index (χ0v) is 22.3. The van der Waals surface area contributed by atoms with Gasteiger partial charge in [-0.25, -0.2) is 0 Å². The van der Waals surface area contributed by atoms with Crippen LogP contribution in [0.3, 0.4) is 0 Å². The van der Waals surface area contributed by atoms with Crippen LogP contribution in [-0.4, -0.2) is 51.2 Å². The summed E-state index contributed by atoms with van der Waals surface area (Å²) < 4.78 is 0. The Labute approximate surface area is 227 Å². The number of fused-ring (bicyclic) bond motifs is 6. The molecule has 0 bridgehead atoms. The highest BCUT2D eigenvalue weighted by Gasteiger charge is 2.56. The van der Waals surface area contributed by atoms with E-state index in [0.717, 1.165) is 45.0 Å². The van der Waals surface area contributed by atoms with Crippen molar-refractivity contribution in [3.8, 4) is 0 Å². The van der Waals surface area contributed by atoms with Crippen LogP contribution in [0.2, 0.25) is 0 Å².